The number of hydrogen-bond donors (Lipinski definition) is 1. The summed E-state index contributed by atoms with van der Waals surface area (Å²) in [5.74, 6) is 0. The van der Waals surface area contributed by atoms with Crippen LogP contribution in [0, 0.1) is 0 Å². The van der Waals surface area contributed by atoms with Gasteiger partial charge in [0.1, 0.15) is 0 Å². The summed E-state index contributed by atoms with van der Waals surface area (Å²) in [4.78, 5) is 6.08. The Kier molecular flexibility index (Phi) is 4.94. The van der Waals surface area contributed by atoms with Gasteiger partial charge in [0, 0.05) is 44.8 Å². The maximum Gasteiger partial charge on any atom is 0.401 e. The Bertz CT molecular complexity index is 315. The smallest absolute Gasteiger partial charge is 0.329 e. The molecule has 7 heteroatoms. The highest BCUT2D eigenvalue weighted by Crippen LogP contribution is 2.28. The molecule has 4 nitrogen and oxygen atoms in total. The van der Waals surface area contributed by atoms with Crippen LogP contribution in [0.25, 0.3) is 0 Å². The van der Waals surface area contributed by atoms with Crippen LogP contribution < -0.4 is 5.73 Å². The van der Waals surface area contributed by atoms with Gasteiger partial charge in [0.25, 0.3) is 0 Å². The SMILES string of the molecule is CN1CCCC(CN)(N2CCN(CC(F)(F)F)CC2)C1. The van der Waals surface area contributed by atoms with E-state index in [1.165, 1.54) is 4.90 Å². The van der Waals surface area contributed by atoms with Gasteiger partial charge in [-0.15, -0.1) is 0 Å². The van der Waals surface area contributed by atoms with Gasteiger partial charge in [0.2, 0.25) is 0 Å². The highest BCUT2D eigenvalue weighted by atomic mass is 19.4. The van der Waals surface area contributed by atoms with Gasteiger partial charge in [0.05, 0.1) is 6.54 Å². The van der Waals surface area contributed by atoms with Crippen LogP contribution in [-0.2, 0) is 0 Å². The topological polar surface area (TPSA) is 35.7 Å². The predicted octanol–water partition coefficient (Wildman–Crippen LogP) is 0.589. The molecule has 0 spiro atoms. The molecule has 2 rings (SSSR count). The third-order valence-electron chi connectivity index (χ3n) is 4.57. The number of likely N-dealkylation sites (N-methyl/N-ethyl adjacent to an activating group) is 1. The van der Waals surface area contributed by atoms with Gasteiger partial charge in [-0.05, 0) is 26.4 Å². The molecule has 0 aliphatic carbocycles. The van der Waals surface area contributed by atoms with Crippen LogP contribution in [0.1, 0.15) is 12.8 Å². The van der Waals surface area contributed by atoms with Crippen LogP contribution in [0.15, 0.2) is 0 Å². The Morgan fingerprint density at radius 1 is 1.10 bits per heavy atom. The average molecular weight is 294 g/mol. The highest BCUT2D eigenvalue weighted by molar-refractivity contribution is 4.98. The fraction of sp³-hybridized carbons (Fsp3) is 1.00. The van der Waals surface area contributed by atoms with E-state index in [1.54, 1.807) is 0 Å². The first-order valence-corrected chi connectivity index (χ1v) is 7.27. The number of alkyl halides is 3. The fourth-order valence-electron chi connectivity index (χ4n) is 3.53. The summed E-state index contributed by atoms with van der Waals surface area (Å²) in [6, 6.07) is 0. The minimum Gasteiger partial charge on any atom is -0.329 e. The monoisotopic (exact) mass is 294 g/mol. The molecule has 2 saturated heterocycles. The molecule has 0 aromatic heterocycles. The van der Waals surface area contributed by atoms with Crippen LogP contribution in [0.3, 0.4) is 0 Å². The maximum atomic E-state index is 12.4. The van der Waals surface area contributed by atoms with E-state index in [-0.39, 0.29) is 5.54 Å². The number of nitrogens with zero attached hydrogens (tertiary/aromatic N) is 3. The Hall–Kier alpha value is -0.370. The molecule has 0 aromatic carbocycles. The normalized spacial score (nSPS) is 31.6. The van der Waals surface area contributed by atoms with Crippen LogP contribution in [0.2, 0.25) is 0 Å². The largest absolute Gasteiger partial charge is 0.401 e. The third-order valence-corrected chi connectivity index (χ3v) is 4.57. The maximum absolute atomic E-state index is 12.4. The van der Waals surface area contributed by atoms with Crippen molar-refractivity contribution in [2.24, 2.45) is 5.73 Å². The molecule has 2 fully saturated rings. The molecule has 1 unspecified atom stereocenters. The molecule has 0 saturated carbocycles. The van der Waals surface area contributed by atoms with Crippen molar-refractivity contribution in [2.75, 3.05) is 59.4 Å². The van der Waals surface area contributed by atoms with E-state index >= 15 is 0 Å². The Balaban J connectivity index is 1.91. The van der Waals surface area contributed by atoms with Gasteiger partial charge in [-0.2, -0.15) is 13.2 Å². The summed E-state index contributed by atoms with van der Waals surface area (Å²) in [6.45, 7) is 4.10. The molecule has 0 aromatic rings. The van der Waals surface area contributed by atoms with Gasteiger partial charge in [-0.3, -0.25) is 9.80 Å². The molecule has 0 bridgehead atoms. The average Bonchev–Trinajstić information content (AvgIpc) is 2.37. The Morgan fingerprint density at radius 2 is 1.75 bits per heavy atom. The van der Waals surface area contributed by atoms with Gasteiger partial charge in [-0.25, -0.2) is 0 Å². The lowest BCUT2D eigenvalue weighted by Crippen LogP contribution is -2.66. The molecule has 2 aliphatic rings. The van der Waals surface area contributed by atoms with E-state index in [4.69, 9.17) is 5.73 Å². The molecule has 2 aliphatic heterocycles. The second-order valence-corrected chi connectivity index (χ2v) is 6.15. The van der Waals surface area contributed by atoms with Crippen LogP contribution in [0.5, 0.6) is 0 Å². The highest BCUT2D eigenvalue weighted by Gasteiger charge is 2.41. The van der Waals surface area contributed by atoms with E-state index in [9.17, 15) is 13.2 Å². The predicted molar refractivity (Wildman–Crippen MR) is 72.6 cm³/mol. The summed E-state index contributed by atoms with van der Waals surface area (Å²) in [6.07, 6.45) is -1.94. The minimum atomic E-state index is -4.10. The van der Waals surface area contributed by atoms with E-state index in [1.807, 2.05) is 0 Å². The number of halogens is 3. The van der Waals surface area contributed by atoms with Crippen molar-refractivity contribution in [3.05, 3.63) is 0 Å². The first kappa shape index (κ1) is 16.0. The number of likely N-dealkylation sites (tertiary alicyclic amines) is 1. The zero-order chi connectivity index (χ0) is 14.8. The van der Waals surface area contributed by atoms with E-state index < -0.39 is 12.7 Å². The molecular formula is C13H25F3N4. The molecule has 118 valence electrons. The van der Waals surface area contributed by atoms with E-state index in [2.05, 4.69) is 16.8 Å². The lowest BCUT2D eigenvalue weighted by atomic mass is 9.86. The van der Waals surface area contributed by atoms with E-state index in [0.717, 1.165) is 25.9 Å². The standard InChI is InChI=1S/C13H25F3N4/c1-18-4-2-3-12(9-17,10-18)20-7-5-19(6-8-20)11-13(14,15)16/h2-11,17H2,1H3. The molecule has 2 N–H and O–H groups in total. The zero-order valence-corrected chi connectivity index (χ0v) is 12.1. The lowest BCUT2D eigenvalue weighted by molar-refractivity contribution is -0.151. The number of nitrogens with two attached hydrogens (primary N) is 1. The minimum absolute atomic E-state index is 0.0443. The lowest BCUT2D eigenvalue weighted by Gasteiger charge is -2.51. The van der Waals surface area contributed by atoms with Crippen molar-refractivity contribution in [2.45, 2.75) is 24.6 Å². The van der Waals surface area contributed by atoms with Crippen molar-refractivity contribution in [1.29, 1.82) is 0 Å². The van der Waals surface area contributed by atoms with Gasteiger partial charge in [-0.1, -0.05) is 0 Å². The number of hydrogen-bond acceptors (Lipinski definition) is 4. The quantitative estimate of drug-likeness (QED) is 0.826. The summed E-state index contributed by atoms with van der Waals surface area (Å²) < 4.78 is 37.2. The zero-order valence-electron chi connectivity index (χ0n) is 12.1. The van der Waals surface area contributed by atoms with Crippen molar-refractivity contribution in [1.82, 2.24) is 14.7 Å². The summed E-state index contributed by atoms with van der Waals surface area (Å²) in [5, 5.41) is 0. The van der Waals surface area contributed by atoms with Crippen molar-refractivity contribution in [3.8, 4) is 0 Å². The summed E-state index contributed by atoms with van der Waals surface area (Å²) in [5.41, 5.74) is 5.96. The number of rotatable bonds is 3. The molecule has 0 amide bonds. The number of piperazine rings is 1. The summed E-state index contributed by atoms with van der Waals surface area (Å²) in [7, 11) is 2.09. The Labute approximate surface area is 118 Å². The van der Waals surface area contributed by atoms with Gasteiger partial charge < -0.3 is 10.6 Å². The first-order chi connectivity index (χ1) is 9.35. The molecule has 0 radical (unpaired) electrons. The molecule has 2 heterocycles. The van der Waals surface area contributed by atoms with Gasteiger partial charge in [0.15, 0.2) is 0 Å². The summed E-state index contributed by atoms with van der Waals surface area (Å²) >= 11 is 0. The van der Waals surface area contributed by atoms with Crippen molar-refractivity contribution >= 4 is 0 Å². The fourth-order valence-corrected chi connectivity index (χ4v) is 3.53. The first-order valence-electron chi connectivity index (χ1n) is 7.27. The van der Waals surface area contributed by atoms with Gasteiger partial charge >= 0.3 is 6.18 Å². The van der Waals surface area contributed by atoms with Crippen LogP contribution in [-0.4, -0.2) is 85.8 Å². The van der Waals surface area contributed by atoms with Crippen molar-refractivity contribution in [3.63, 3.8) is 0 Å². The second kappa shape index (κ2) is 6.17. The molecular weight excluding hydrogens is 269 g/mol. The molecule has 20 heavy (non-hydrogen) atoms. The Morgan fingerprint density at radius 3 is 2.25 bits per heavy atom. The van der Waals surface area contributed by atoms with E-state index in [0.29, 0.717) is 32.7 Å². The third kappa shape index (κ3) is 3.84. The second-order valence-electron chi connectivity index (χ2n) is 6.15. The van der Waals surface area contributed by atoms with Crippen LogP contribution in [0.4, 0.5) is 13.2 Å². The molecule has 1 atom stereocenters. The van der Waals surface area contributed by atoms with Crippen LogP contribution >= 0.6 is 0 Å². The number of piperidine rings is 1. The van der Waals surface area contributed by atoms with Crippen molar-refractivity contribution < 1.29 is 13.2 Å².